The zero-order chi connectivity index (χ0) is 34.1. The molecule has 0 bridgehead atoms. The topological polar surface area (TPSA) is 172 Å². The van der Waals surface area contributed by atoms with Gasteiger partial charge in [0.2, 0.25) is 11.8 Å². The minimum atomic E-state index is -3.49. The summed E-state index contributed by atoms with van der Waals surface area (Å²) >= 11 is 0. The molecule has 1 aromatic carbocycles. The van der Waals surface area contributed by atoms with Gasteiger partial charge in [0.15, 0.2) is 9.84 Å². The van der Waals surface area contributed by atoms with Crippen molar-refractivity contribution >= 4 is 33.5 Å². The second-order valence-electron chi connectivity index (χ2n) is 13.4. The number of rotatable bonds is 15. The van der Waals surface area contributed by atoms with Crippen LogP contribution in [0.3, 0.4) is 0 Å². The van der Waals surface area contributed by atoms with Crippen molar-refractivity contribution in [3.05, 3.63) is 35.9 Å². The maximum atomic E-state index is 14.0. The molecule has 3 atom stereocenters. The Balaban J connectivity index is 1.67. The monoisotopic (exact) mass is 662 g/mol. The number of likely N-dealkylation sites (tertiary alicyclic amines) is 2. The fourth-order valence-electron chi connectivity index (χ4n) is 6.39. The average molecular weight is 663 g/mol. The van der Waals surface area contributed by atoms with Crippen LogP contribution in [0.1, 0.15) is 65.4 Å². The molecule has 2 heterocycles. The van der Waals surface area contributed by atoms with Gasteiger partial charge in [-0.1, -0.05) is 44.2 Å². The number of nitrogens with two attached hydrogens (primary N) is 1. The first kappa shape index (κ1) is 37.2. The van der Waals surface area contributed by atoms with E-state index in [-0.39, 0.29) is 30.3 Å². The Bertz CT molecular complexity index is 1350. The number of benzene rings is 1. The third kappa shape index (κ3) is 11.5. The Morgan fingerprint density at radius 1 is 1.09 bits per heavy atom. The fraction of sp³-hybridized carbons (Fsp3) is 0.688. The summed E-state index contributed by atoms with van der Waals surface area (Å²) in [5.41, 5.74) is 5.69. The lowest BCUT2D eigenvalue weighted by Crippen LogP contribution is -2.55. The van der Waals surface area contributed by atoms with Gasteiger partial charge in [-0.15, -0.1) is 5.11 Å². The number of hydrogen-bond acceptors (Lipinski definition) is 10. The van der Waals surface area contributed by atoms with Gasteiger partial charge < -0.3 is 15.4 Å². The van der Waals surface area contributed by atoms with E-state index in [1.54, 1.807) is 25.7 Å². The fourth-order valence-corrected chi connectivity index (χ4v) is 7.28. The number of azo groups is 1. The van der Waals surface area contributed by atoms with Crippen LogP contribution < -0.4 is 5.73 Å². The Hall–Kier alpha value is -3.23. The summed E-state index contributed by atoms with van der Waals surface area (Å²) in [6.07, 6.45) is 4.03. The van der Waals surface area contributed by atoms with Gasteiger partial charge >= 0.3 is 5.97 Å². The normalized spacial score (nSPS) is 19.8. The van der Waals surface area contributed by atoms with Crippen molar-refractivity contribution in [3.8, 4) is 0 Å². The highest BCUT2D eigenvalue weighted by Crippen LogP contribution is 2.27. The SMILES string of the molecule is CC(=O)OC(C)CC(C)(C)C(=O)N=NCN1CCC(CN(CS(C)(=O)=O)[C@H](Cc2ccccc2)C(=O)N2CCC[C@H]2C(N)=O)CC1. The minimum Gasteiger partial charge on any atom is -0.463 e. The smallest absolute Gasteiger partial charge is 0.302 e. The van der Waals surface area contributed by atoms with E-state index in [2.05, 4.69) is 15.1 Å². The van der Waals surface area contributed by atoms with Crippen molar-refractivity contribution in [1.29, 1.82) is 0 Å². The molecule has 0 radical (unpaired) electrons. The maximum Gasteiger partial charge on any atom is 0.302 e. The molecule has 1 unspecified atom stereocenters. The van der Waals surface area contributed by atoms with Gasteiger partial charge in [-0.05, 0) is 56.9 Å². The van der Waals surface area contributed by atoms with Crippen LogP contribution in [-0.4, -0.2) is 110 Å². The van der Waals surface area contributed by atoms with Crippen molar-refractivity contribution in [2.45, 2.75) is 84.4 Å². The Kier molecular flexibility index (Phi) is 13.4. The van der Waals surface area contributed by atoms with Gasteiger partial charge in [0, 0.05) is 39.4 Å². The van der Waals surface area contributed by atoms with Crippen LogP contribution in [0.2, 0.25) is 0 Å². The van der Waals surface area contributed by atoms with E-state index in [0.29, 0.717) is 51.9 Å². The molecule has 1 aromatic rings. The molecule has 256 valence electrons. The third-order valence-corrected chi connectivity index (χ3v) is 9.43. The molecule has 0 spiro atoms. The van der Waals surface area contributed by atoms with Crippen LogP contribution >= 0.6 is 0 Å². The number of sulfone groups is 1. The molecule has 3 amide bonds. The third-order valence-electron chi connectivity index (χ3n) is 8.63. The number of nitrogens with zero attached hydrogens (tertiary/aromatic N) is 5. The summed E-state index contributed by atoms with van der Waals surface area (Å²) in [7, 11) is -3.49. The van der Waals surface area contributed by atoms with Crippen LogP contribution in [0.25, 0.3) is 0 Å². The van der Waals surface area contributed by atoms with Gasteiger partial charge in [-0.3, -0.25) is 29.0 Å². The zero-order valence-corrected chi connectivity index (χ0v) is 28.6. The molecular weight excluding hydrogens is 612 g/mol. The van der Waals surface area contributed by atoms with Crippen LogP contribution in [0, 0.1) is 11.3 Å². The largest absolute Gasteiger partial charge is 0.463 e. The summed E-state index contributed by atoms with van der Waals surface area (Å²) < 4.78 is 30.4. The lowest BCUT2D eigenvalue weighted by Gasteiger charge is -2.38. The molecule has 2 aliphatic heterocycles. The van der Waals surface area contributed by atoms with Gasteiger partial charge in [0.25, 0.3) is 5.91 Å². The summed E-state index contributed by atoms with van der Waals surface area (Å²) in [6, 6.07) is 7.99. The van der Waals surface area contributed by atoms with E-state index in [4.69, 9.17) is 10.5 Å². The van der Waals surface area contributed by atoms with Crippen LogP contribution in [0.15, 0.2) is 40.6 Å². The number of piperidine rings is 1. The van der Waals surface area contributed by atoms with Crippen LogP contribution in [0.4, 0.5) is 0 Å². The highest BCUT2D eigenvalue weighted by Gasteiger charge is 2.40. The summed E-state index contributed by atoms with van der Waals surface area (Å²) in [5, 5.41) is 8.07. The number of carbonyl (C=O) groups is 4. The molecule has 14 heteroatoms. The number of esters is 1. The summed E-state index contributed by atoms with van der Waals surface area (Å²) in [6.45, 7) is 8.95. The van der Waals surface area contributed by atoms with E-state index < -0.39 is 45.3 Å². The van der Waals surface area contributed by atoms with E-state index in [1.165, 1.54) is 18.1 Å². The van der Waals surface area contributed by atoms with Crippen molar-refractivity contribution in [2.24, 2.45) is 27.3 Å². The molecule has 0 aliphatic carbocycles. The van der Waals surface area contributed by atoms with E-state index >= 15 is 0 Å². The number of amides is 3. The second-order valence-corrected chi connectivity index (χ2v) is 15.5. The molecule has 3 rings (SSSR count). The van der Waals surface area contributed by atoms with Crippen molar-refractivity contribution in [3.63, 3.8) is 0 Å². The first-order chi connectivity index (χ1) is 21.6. The zero-order valence-electron chi connectivity index (χ0n) is 27.8. The minimum absolute atomic E-state index is 0.120. The lowest BCUT2D eigenvalue weighted by molar-refractivity contribution is -0.148. The summed E-state index contributed by atoms with van der Waals surface area (Å²) in [4.78, 5) is 55.4. The van der Waals surface area contributed by atoms with E-state index in [9.17, 15) is 27.6 Å². The first-order valence-electron chi connectivity index (χ1n) is 15.9. The quantitative estimate of drug-likeness (QED) is 0.219. The second kappa shape index (κ2) is 16.6. The molecule has 2 N–H and O–H groups in total. The predicted molar refractivity (Wildman–Crippen MR) is 173 cm³/mol. The standard InChI is InChI=1S/C32H50N6O7S/c1-23(45-24(2)39)19-32(3,4)31(42)35-34-21-36-16-13-26(14-17-36)20-37(22-46(5,43)44)28(18-25-10-7-6-8-11-25)30(41)38-15-9-12-27(38)29(33)40/h6-8,10-11,23,26-28H,9,12-22H2,1-5H3,(H2,33,40)/t23?,27-,28+/m0/s1. The number of hydrogen-bond donors (Lipinski definition) is 1. The molecule has 0 aromatic heterocycles. The van der Waals surface area contributed by atoms with Crippen LogP contribution in [0.5, 0.6) is 0 Å². The molecule has 2 fully saturated rings. The van der Waals surface area contributed by atoms with E-state index in [0.717, 1.165) is 18.4 Å². The van der Waals surface area contributed by atoms with Gasteiger partial charge in [-0.2, -0.15) is 5.11 Å². The highest BCUT2D eigenvalue weighted by molar-refractivity contribution is 7.90. The number of ether oxygens (including phenoxy) is 1. The highest BCUT2D eigenvalue weighted by atomic mass is 32.2. The Morgan fingerprint density at radius 2 is 1.74 bits per heavy atom. The lowest BCUT2D eigenvalue weighted by atomic mass is 9.86. The van der Waals surface area contributed by atoms with Gasteiger partial charge in [0.05, 0.1) is 17.6 Å². The maximum absolute atomic E-state index is 14.0. The first-order valence-corrected chi connectivity index (χ1v) is 18.0. The predicted octanol–water partition coefficient (Wildman–Crippen LogP) is 2.39. The molecule has 2 saturated heterocycles. The number of primary amides is 1. The number of carbonyl (C=O) groups excluding carboxylic acids is 4. The molecular formula is C32H50N6O7S. The van der Waals surface area contributed by atoms with E-state index in [1.807, 2.05) is 30.3 Å². The van der Waals surface area contributed by atoms with Crippen molar-refractivity contribution in [2.75, 3.05) is 45.0 Å². The summed E-state index contributed by atoms with van der Waals surface area (Å²) in [5.74, 6) is -1.78. The van der Waals surface area contributed by atoms with Gasteiger partial charge in [0.1, 0.15) is 18.6 Å². The van der Waals surface area contributed by atoms with Crippen molar-refractivity contribution in [1.82, 2.24) is 14.7 Å². The Morgan fingerprint density at radius 3 is 2.33 bits per heavy atom. The molecule has 0 saturated carbocycles. The van der Waals surface area contributed by atoms with Gasteiger partial charge in [-0.25, -0.2) is 8.42 Å². The van der Waals surface area contributed by atoms with Crippen LogP contribution in [-0.2, 0) is 40.2 Å². The molecule has 13 nitrogen and oxygen atoms in total. The van der Waals surface area contributed by atoms with Crippen molar-refractivity contribution < 1.29 is 32.3 Å². The molecule has 46 heavy (non-hydrogen) atoms. The average Bonchev–Trinajstić information content (AvgIpc) is 3.46. The Labute approximate surface area is 272 Å². The molecule has 2 aliphatic rings.